The first kappa shape index (κ1) is 36.7. The number of hydrogen-bond acceptors (Lipinski definition) is 2. The second-order valence-corrected chi connectivity index (χ2v) is 17.9. The fourth-order valence-corrected chi connectivity index (χ4v) is 10.3. The van der Waals surface area contributed by atoms with Crippen LogP contribution < -0.4 is 9.80 Å². The molecule has 2 fully saturated rings. The largest absolute Gasteiger partial charge is 0.310 e. The van der Waals surface area contributed by atoms with Gasteiger partial charge in [0.1, 0.15) is 0 Å². The van der Waals surface area contributed by atoms with E-state index in [9.17, 15) is 0 Å². The molecule has 0 spiro atoms. The summed E-state index contributed by atoms with van der Waals surface area (Å²) in [7, 11) is 0. The molecule has 2 heteroatoms. The summed E-state index contributed by atoms with van der Waals surface area (Å²) in [6.07, 6.45) is 10.6. The molecule has 2 aliphatic rings. The van der Waals surface area contributed by atoms with Gasteiger partial charge in [0.25, 0.3) is 0 Å². The molecule has 0 radical (unpaired) electrons. The van der Waals surface area contributed by atoms with Gasteiger partial charge in [-0.25, -0.2) is 0 Å². The van der Waals surface area contributed by atoms with Crippen LogP contribution in [0.25, 0.3) is 32.3 Å². The van der Waals surface area contributed by atoms with E-state index in [1.165, 1.54) is 140 Å². The second-order valence-electron chi connectivity index (χ2n) is 17.9. The highest BCUT2D eigenvalue weighted by Gasteiger charge is 2.24. The highest BCUT2D eigenvalue weighted by atomic mass is 15.1. The third kappa shape index (κ3) is 6.61. The van der Waals surface area contributed by atoms with Crippen LogP contribution in [-0.2, 0) is 0 Å². The molecule has 2 saturated carbocycles. The monoisotopic (exact) mass is 756 g/mol. The first-order valence-electron chi connectivity index (χ1n) is 22.1. The normalized spacial score (nSPS) is 15.2. The van der Waals surface area contributed by atoms with E-state index in [4.69, 9.17) is 0 Å². The highest BCUT2D eigenvalue weighted by molar-refractivity contribution is 6.28. The van der Waals surface area contributed by atoms with Gasteiger partial charge in [-0.15, -0.1) is 0 Å². The lowest BCUT2D eigenvalue weighted by Gasteiger charge is -2.30. The molecule has 0 aromatic heterocycles. The Hall–Kier alpha value is -5.60. The van der Waals surface area contributed by atoms with Gasteiger partial charge in [0.15, 0.2) is 0 Å². The Labute approximate surface area is 345 Å². The van der Waals surface area contributed by atoms with E-state index in [2.05, 4.69) is 183 Å². The molecule has 2 nitrogen and oxygen atoms in total. The van der Waals surface area contributed by atoms with Crippen LogP contribution in [0.2, 0.25) is 0 Å². The maximum absolute atomic E-state index is 2.49. The lowest BCUT2D eigenvalue weighted by Crippen LogP contribution is -2.12. The Bertz CT molecular complexity index is 2470. The van der Waals surface area contributed by atoms with Crippen LogP contribution in [0.4, 0.5) is 34.1 Å². The molecule has 8 aromatic carbocycles. The van der Waals surface area contributed by atoms with Crippen LogP contribution in [0.1, 0.15) is 125 Å². The molecule has 10 rings (SSSR count). The van der Waals surface area contributed by atoms with E-state index in [0.717, 1.165) is 0 Å². The summed E-state index contributed by atoms with van der Waals surface area (Å²) in [5, 5.41) is 7.74. The van der Waals surface area contributed by atoms with Crippen molar-refractivity contribution in [3.63, 3.8) is 0 Å². The van der Waals surface area contributed by atoms with E-state index >= 15 is 0 Å². The minimum Gasteiger partial charge on any atom is -0.310 e. The zero-order valence-corrected chi connectivity index (χ0v) is 34.7. The highest BCUT2D eigenvalue weighted by Crippen LogP contribution is 2.48. The van der Waals surface area contributed by atoms with Crippen LogP contribution in [0.5, 0.6) is 0 Å². The van der Waals surface area contributed by atoms with Gasteiger partial charge in [-0.3, -0.25) is 0 Å². The Balaban J connectivity index is 1.15. The third-order valence-electron chi connectivity index (χ3n) is 13.7. The van der Waals surface area contributed by atoms with Crippen LogP contribution in [0, 0.1) is 0 Å². The van der Waals surface area contributed by atoms with Crippen LogP contribution >= 0.6 is 0 Å². The van der Waals surface area contributed by atoms with Crippen LogP contribution in [0.15, 0.2) is 146 Å². The molecule has 290 valence electrons. The molecule has 8 aromatic rings. The maximum atomic E-state index is 2.49. The maximum Gasteiger partial charge on any atom is 0.0540 e. The van der Waals surface area contributed by atoms with Crippen molar-refractivity contribution >= 4 is 66.4 Å². The standard InChI is InChI=1S/C56H56N2/c1-37(2)39-13-25-47(26-14-39)57(49-29-17-43(18-30-49)41-9-5-6-10-41)53-35-23-45-22-34-52-54(36-24-46-21-33-51(53)55(45)56(46)52)58(48-27-15-40(16-28-48)38(3)4)50-31-19-44(20-32-50)42-11-7-8-12-42/h13-38,41-42H,5-12H2,1-4H3. The van der Waals surface area contributed by atoms with Gasteiger partial charge in [-0.05, 0) is 154 Å². The minimum absolute atomic E-state index is 0.481. The Kier molecular flexibility index (Phi) is 9.68. The number of hydrogen-bond donors (Lipinski definition) is 0. The number of rotatable bonds is 10. The van der Waals surface area contributed by atoms with Gasteiger partial charge >= 0.3 is 0 Å². The van der Waals surface area contributed by atoms with Crippen molar-refractivity contribution in [1.82, 2.24) is 0 Å². The molecule has 0 bridgehead atoms. The SMILES string of the molecule is CC(C)c1ccc(N(c2ccc(C3CCCC3)cc2)c2ccc3ccc4c(N(c5ccc(C(C)C)cc5)c5ccc(C6CCCC6)cc5)ccc5ccc2c3c54)cc1. The zero-order chi connectivity index (χ0) is 39.3. The van der Waals surface area contributed by atoms with E-state index in [1.807, 2.05) is 0 Å². The molecule has 58 heavy (non-hydrogen) atoms. The molecule has 0 atom stereocenters. The van der Waals surface area contributed by atoms with E-state index < -0.39 is 0 Å². The summed E-state index contributed by atoms with van der Waals surface area (Å²) in [6.45, 7) is 9.10. The fourth-order valence-electron chi connectivity index (χ4n) is 10.3. The van der Waals surface area contributed by atoms with Crippen molar-refractivity contribution < 1.29 is 0 Å². The molecule has 0 heterocycles. The molecule has 0 saturated heterocycles. The molecule has 0 unspecified atom stereocenters. The van der Waals surface area contributed by atoms with Gasteiger partial charge in [0.05, 0.1) is 11.4 Å². The number of nitrogens with zero attached hydrogens (tertiary/aromatic N) is 2. The predicted octanol–water partition coefficient (Wildman–Crippen LogP) is 17.1. The molecule has 0 amide bonds. The van der Waals surface area contributed by atoms with Crippen LogP contribution in [0.3, 0.4) is 0 Å². The zero-order valence-electron chi connectivity index (χ0n) is 34.7. The predicted molar refractivity (Wildman–Crippen MR) is 250 cm³/mol. The topological polar surface area (TPSA) is 6.48 Å². The summed E-state index contributed by atoms with van der Waals surface area (Å²) < 4.78 is 0. The van der Waals surface area contributed by atoms with Gasteiger partial charge < -0.3 is 9.80 Å². The fraction of sp³-hybridized carbons (Fsp3) is 0.286. The first-order chi connectivity index (χ1) is 28.4. The summed E-state index contributed by atoms with van der Waals surface area (Å²) in [5.74, 6) is 2.34. The van der Waals surface area contributed by atoms with Crippen molar-refractivity contribution in [3.8, 4) is 0 Å². The lowest BCUT2D eigenvalue weighted by atomic mass is 9.91. The van der Waals surface area contributed by atoms with Crippen LogP contribution in [-0.4, -0.2) is 0 Å². The van der Waals surface area contributed by atoms with Gasteiger partial charge in [0, 0.05) is 33.5 Å². The molecule has 0 N–H and O–H groups in total. The van der Waals surface area contributed by atoms with E-state index in [1.54, 1.807) is 0 Å². The van der Waals surface area contributed by atoms with Crippen molar-refractivity contribution in [2.24, 2.45) is 0 Å². The lowest BCUT2D eigenvalue weighted by molar-refractivity contribution is 0.723. The van der Waals surface area contributed by atoms with Crippen molar-refractivity contribution in [1.29, 1.82) is 0 Å². The quantitative estimate of drug-likeness (QED) is 0.128. The van der Waals surface area contributed by atoms with Crippen molar-refractivity contribution in [2.45, 2.75) is 103 Å². The molecular weight excluding hydrogens is 701 g/mol. The first-order valence-corrected chi connectivity index (χ1v) is 22.1. The Morgan fingerprint density at radius 3 is 1.00 bits per heavy atom. The van der Waals surface area contributed by atoms with Crippen molar-refractivity contribution in [2.75, 3.05) is 9.80 Å². The second kappa shape index (κ2) is 15.3. The summed E-state index contributed by atoms with van der Waals surface area (Å²) in [5.41, 5.74) is 12.9. The Morgan fingerprint density at radius 2 is 0.672 bits per heavy atom. The van der Waals surface area contributed by atoms with Gasteiger partial charge in [0.2, 0.25) is 0 Å². The molecule has 0 aliphatic heterocycles. The summed E-state index contributed by atoms with van der Waals surface area (Å²) in [6, 6.07) is 56.3. The van der Waals surface area contributed by atoms with E-state index in [-0.39, 0.29) is 0 Å². The average Bonchev–Trinajstić information content (AvgIpc) is 4.01. The summed E-state index contributed by atoms with van der Waals surface area (Å²) >= 11 is 0. The third-order valence-corrected chi connectivity index (χ3v) is 13.7. The minimum atomic E-state index is 0.481. The number of anilines is 6. The summed E-state index contributed by atoms with van der Waals surface area (Å²) in [4.78, 5) is 4.98. The van der Waals surface area contributed by atoms with Gasteiger partial charge in [-0.2, -0.15) is 0 Å². The van der Waals surface area contributed by atoms with Crippen molar-refractivity contribution in [3.05, 3.63) is 168 Å². The van der Waals surface area contributed by atoms with E-state index in [0.29, 0.717) is 23.7 Å². The average molecular weight is 757 g/mol. The number of benzene rings is 8. The molecular formula is C56H56N2. The van der Waals surface area contributed by atoms with Gasteiger partial charge in [-0.1, -0.05) is 138 Å². The molecule has 2 aliphatic carbocycles. The smallest absolute Gasteiger partial charge is 0.0540 e. The Morgan fingerprint density at radius 1 is 0.362 bits per heavy atom.